The van der Waals surface area contributed by atoms with Gasteiger partial charge in [0.15, 0.2) is 5.82 Å². The first-order chi connectivity index (χ1) is 18.5. The molecule has 202 valence electrons. The van der Waals surface area contributed by atoms with E-state index in [0.717, 1.165) is 41.6 Å². The highest BCUT2D eigenvalue weighted by Crippen LogP contribution is 2.33. The molecular formula is C27H23F4N5O3. The topological polar surface area (TPSA) is 110 Å². The summed E-state index contributed by atoms with van der Waals surface area (Å²) in [5.74, 6) is -2.38. The SMILES string of the molecule is Cc1ccc(NC(=O)c2cc(-c3cnc(-c4cccnc4)nc3)cn2CC2CC2)c(F)c1.O=C(O)C(F)(F)F. The van der Waals surface area contributed by atoms with E-state index in [4.69, 9.17) is 9.90 Å². The number of amides is 1. The van der Waals surface area contributed by atoms with E-state index in [1.807, 2.05) is 35.9 Å². The monoisotopic (exact) mass is 541 g/mol. The van der Waals surface area contributed by atoms with Gasteiger partial charge < -0.3 is 15.0 Å². The number of benzene rings is 1. The van der Waals surface area contributed by atoms with Crippen LogP contribution in [0.3, 0.4) is 0 Å². The molecule has 0 bridgehead atoms. The van der Waals surface area contributed by atoms with E-state index in [0.29, 0.717) is 17.4 Å². The molecule has 1 aliphatic rings. The minimum Gasteiger partial charge on any atom is -0.475 e. The zero-order chi connectivity index (χ0) is 28.2. The Balaban J connectivity index is 0.000000448. The van der Waals surface area contributed by atoms with Crippen molar-refractivity contribution in [3.63, 3.8) is 0 Å². The van der Waals surface area contributed by atoms with Crippen molar-refractivity contribution in [3.05, 3.63) is 84.5 Å². The maximum atomic E-state index is 14.3. The van der Waals surface area contributed by atoms with Gasteiger partial charge in [0.05, 0.1) is 5.69 Å². The van der Waals surface area contributed by atoms with Gasteiger partial charge in [-0.25, -0.2) is 19.2 Å². The van der Waals surface area contributed by atoms with E-state index in [2.05, 4.69) is 20.3 Å². The number of hydrogen-bond acceptors (Lipinski definition) is 5. The molecule has 0 unspecified atom stereocenters. The third-order valence-corrected chi connectivity index (χ3v) is 5.80. The molecule has 0 radical (unpaired) electrons. The lowest BCUT2D eigenvalue weighted by Gasteiger charge is -2.10. The van der Waals surface area contributed by atoms with Crippen molar-refractivity contribution in [2.75, 3.05) is 5.32 Å². The summed E-state index contributed by atoms with van der Waals surface area (Å²) in [5, 5.41) is 9.84. The predicted molar refractivity (Wildman–Crippen MR) is 134 cm³/mol. The van der Waals surface area contributed by atoms with Crippen LogP contribution in [0.15, 0.2) is 67.4 Å². The maximum Gasteiger partial charge on any atom is 0.490 e. The number of aliphatic carboxylic acids is 1. The number of nitrogens with zero attached hydrogens (tertiary/aromatic N) is 4. The first-order valence-corrected chi connectivity index (χ1v) is 11.8. The molecule has 1 fully saturated rings. The Morgan fingerprint density at radius 2 is 1.74 bits per heavy atom. The fourth-order valence-electron chi connectivity index (χ4n) is 3.62. The zero-order valence-electron chi connectivity index (χ0n) is 20.6. The molecule has 1 aromatic carbocycles. The number of hydrogen-bond donors (Lipinski definition) is 2. The van der Waals surface area contributed by atoms with Crippen LogP contribution in [0.5, 0.6) is 0 Å². The molecule has 1 saturated carbocycles. The second-order valence-corrected chi connectivity index (χ2v) is 8.99. The number of pyridine rings is 1. The van der Waals surface area contributed by atoms with Crippen LogP contribution in [0.25, 0.3) is 22.5 Å². The zero-order valence-corrected chi connectivity index (χ0v) is 20.6. The Labute approximate surface area is 220 Å². The number of alkyl halides is 3. The van der Waals surface area contributed by atoms with Gasteiger partial charge in [-0.2, -0.15) is 13.2 Å². The molecule has 3 heterocycles. The van der Waals surface area contributed by atoms with Gasteiger partial charge in [-0.3, -0.25) is 9.78 Å². The minimum atomic E-state index is -5.08. The molecule has 3 aromatic heterocycles. The summed E-state index contributed by atoms with van der Waals surface area (Å²) in [7, 11) is 0. The maximum absolute atomic E-state index is 14.3. The normalized spacial score (nSPS) is 12.8. The smallest absolute Gasteiger partial charge is 0.475 e. The molecule has 1 aliphatic carbocycles. The Bertz CT molecular complexity index is 1470. The lowest BCUT2D eigenvalue weighted by molar-refractivity contribution is -0.192. The molecule has 12 heteroatoms. The largest absolute Gasteiger partial charge is 0.490 e. The van der Waals surface area contributed by atoms with Crippen LogP contribution in [-0.4, -0.2) is 42.7 Å². The van der Waals surface area contributed by atoms with Crippen LogP contribution >= 0.6 is 0 Å². The summed E-state index contributed by atoms with van der Waals surface area (Å²) < 4.78 is 47.9. The Hall–Kier alpha value is -4.61. The van der Waals surface area contributed by atoms with Crippen LogP contribution in [-0.2, 0) is 11.3 Å². The van der Waals surface area contributed by atoms with Crippen molar-refractivity contribution in [1.82, 2.24) is 19.5 Å². The van der Waals surface area contributed by atoms with Gasteiger partial charge in [-0.1, -0.05) is 6.07 Å². The summed E-state index contributed by atoms with van der Waals surface area (Å²) in [4.78, 5) is 34.9. The highest BCUT2D eigenvalue weighted by molar-refractivity contribution is 6.04. The molecule has 0 spiro atoms. The second-order valence-electron chi connectivity index (χ2n) is 8.99. The number of rotatable bonds is 6. The van der Waals surface area contributed by atoms with Crippen molar-refractivity contribution >= 4 is 17.6 Å². The van der Waals surface area contributed by atoms with Crippen LogP contribution < -0.4 is 5.32 Å². The number of carbonyl (C=O) groups is 2. The van der Waals surface area contributed by atoms with Gasteiger partial charge >= 0.3 is 12.1 Å². The second kappa shape index (κ2) is 11.4. The fraction of sp³-hybridized carbons (Fsp3) is 0.222. The molecule has 1 amide bonds. The summed E-state index contributed by atoms with van der Waals surface area (Å²) in [6.07, 6.45) is 6.08. The number of carbonyl (C=O) groups excluding carboxylic acids is 1. The van der Waals surface area contributed by atoms with Crippen LogP contribution in [0.1, 0.15) is 28.9 Å². The van der Waals surface area contributed by atoms with Crippen LogP contribution in [0, 0.1) is 18.7 Å². The van der Waals surface area contributed by atoms with E-state index < -0.39 is 18.0 Å². The third kappa shape index (κ3) is 7.24. The molecule has 2 N–H and O–H groups in total. The van der Waals surface area contributed by atoms with Gasteiger partial charge in [-0.05, 0) is 61.6 Å². The van der Waals surface area contributed by atoms with Gasteiger partial charge in [0, 0.05) is 54.2 Å². The van der Waals surface area contributed by atoms with E-state index in [-0.39, 0.29) is 11.6 Å². The van der Waals surface area contributed by atoms with Crippen molar-refractivity contribution in [1.29, 1.82) is 0 Å². The molecule has 0 aliphatic heterocycles. The summed E-state index contributed by atoms with van der Waals surface area (Å²) >= 11 is 0. The number of carboxylic acid groups (broad SMARTS) is 1. The van der Waals surface area contributed by atoms with E-state index in [1.54, 1.807) is 36.9 Å². The summed E-state index contributed by atoms with van der Waals surface area (Å²) in [6.45, 7) is 2.57. The van der Waals surface area contributed by atoms with Crippen LogP contribution in [0.2, 0.25) is 0 Å². The van der Waals surface area contributed by atoms with Crippen molar-refractivity contribution in [3.8, 4) is 22.5 Å². The first kappa shape index (κ1) is 27.4. The Morgan fingerprint density at radius 3 is 2.31 bits per heavy atom. The first-order valence-electron chi connectivity index (χ1n) is 11.8. The van der Waals surface area contributed by atoms with Crippen molar-refractivity contribution in [2.24, 2.45) is 5.92 Å². The van der Waals surface area contributed by atoms with Crippen LogP contribution in [0.4, 0.5) is 23.2 Å². The Kier molecular flexibility index (Phi) is 8.03. The Morgan fingerprint density at radius 1 is 1.05 bits per heavy atom. The average molecular weight is 542 g/mol. The predicted octanol–water partition coefficient (Wildman–Crippen LogP) is 5.75. The van der Waals surface area contributed by atoms with E-state index in [1.165, 1.54) is 6.07 Å². The lowest BCUT2D eigenvalue weighted by Crippen LogP contribution is -2.21. The third-order valence-electron chi connectivity index (χ3n) is 5.80. The molecule has 4 aromatic rings. The summed E-state index contributed by atoms with van der Waals surface area (Å²) in [5.41, 5.74) is 3.95. The highest BCUT2D eigenvalue weighted by atomic mass is 19.4. The quantitative estimate of drug-likeness (QED) is 0.301. The minimum absolute atomic E-state index is 0.172. The average Bonchev–Trinajstić information content (AvgIpc) is 3.62. The van der Waals surface area contributed by atoms with Crippen molar-refractivity contribution in [2.45, 2.75) is 32.5 Å². The number of anilines is 1. The van der Waals surface area contributed by atoms with Crippen molar-refractivity contribution < 1.29 is 32.3 Å². The number of nitrogens with one attached hydrogen (secondary N) is 1. The summed E-state index contributed by atoms with van der Waals surface area (Å²) in [6, 6.07) is 10.3. The highest BCUT2D eigenvalue weighted by Gasteiger charge is 2.38. The van der Waals surface area contributed by atoms with E-state index >= 15 is 0 Å². The molecular weight excluding hydrogens is 518 g/mol. The molecule has 0 atom stereocenters. The van der Waals surface area contributed by atoms with Gasteiger partial charge in [0.1, 0.15) is 11.5 Å². The molecule has 5 rings (SSSR count). The van der Waals surface area contributed by atoms with Gasteiger partial charge in [0.2, 0.25) is 0 Å². The number of aromatic nitrogens is 4. The number of halogens is 4. The van der Waals surface area contributed by atoms with Gasteiger partial charge in [-0.15, -0.1) is 0 Å². The molecule has 39 heavy (non-hydrogen) atoms. The molecule has 8 nitrogen and oxygen atoms in total. The van der Waals surface area contributed by atoms with Gasteiger partial charge in [0.25, 0.3) is 5.91 Å². The molecule has 0 saturated heterocycles. The van der Waals surface area contributed by atoms with E-state index in [9.17, 15) is 22.4 Å². The standard InChI is InChI=1S/C25H22FN5O.C2HF3O2/c1-16-4-7-22(21(26)9-16)30-25(32)23-10-19(15-31(23)14-17-5-6-17)20-12-28-24(29-13-20)18-3-2-8-27-11-18;3-2(4,5)1(6)7/h2-4,7-13,15,17H,5-6,14H2,1H3,(H,30,32);(H,6,7). The number of aryl methyl sites for hydroxylation is 1. The fourth-order valence-corrected chi connectivity index (χ4v) is 3.62. The lowest BCUT2D eigenvalue weighted by atomic mass is 10.1. The number of carboxylic acids is 1.